The maximum Gasteiger partial charge on any atom is 0.229 e. The van der Waals surface area contributed by atoms with Crippen LogP contribution in [0.3, 0.4) is 0 Å². The van der Waals surface area contributed by atoms with Gasteiger partial charge >= 0.3 is 0 Å². The van der Waals surface area contributed by atoms with Gasteiger partial charge in [0.1, 0.15) is 5.82 Å². The first-order chi connectivity index (χ1) is 12.4. The quantitative estimate of drug-likeness (QED) is 0.639. The van der Waals surface area contributed by atoms with Crippen LogP contribution in [0.25, 0.3) is 0 Å². The van der Waals surface area contributed by atoms with Gasteiger partial charge in [0, 0.05) is 10.6 Å². The van der Waals surface area contributed by atoms with Crippen molar-refractivity contribution in [2.24, 2.45) is 0 Å². The molecule has 26 heavy (non-hydrogen) atoms. The van der Waals surface area contributed by atoms with E-state index in [1.165, 1.54) is 5.56 Å². The van der Waals surface area contributed by atoms with Crippen molar-refractivity contribution in [3.05, 3.63) is 70.5 Å². The molecule has 3 aromatic rings. The van der Waals surface area contributed by atoms with Crippen molar-refractivity contribution >= 4 is 34.4 Å². The van der Waals surface area contributed by atoms with Crippen LogP contribution >= 0.6 is 11.3 Å². The van der Waals surface area contributed by atoms with Crippen molar-refractivity contribution in [2.45, 2.75) is 32.6 Å². The summed E-state index contributed by atoms with van der Waals surface area (Å²) in [6, 6.07) is 16.0. The van der Waals surface area contributed by atoms with Gasteiger partial charge < -0.3 is 10.6 Å². The average molecular weight is 366 g/mol. The second-order valence-corrected chi connectivity index (χ2v) is 8.22. The molecule has 1 amide bonds. The molecule has 1 aromatic carbocycles. The molecule has 0 aliphatic heterocycles. The Kier molecular flexibility index (Phi) is 5.38. The van der Waals surface area contributed by atoms with Gasteiger partial charge in [0.2, 0.25) is 5.91 Å². The fourth-order valence-electron chi connectivity index (χ4n) is 2.52. The standard InChI is InChI=1S/C21H23N3OS/c1-21(2,3)15-6-8-16(9-7-15)23-19-11-10-17(14-22-19)24-20(25)13-18-5-4-12-26-18/h4-12,14H,13H2,1-3H3,(H,22,23)(H,24,25). The minimum absolute atomic E-state index is 0.0345. The van der Waals surface area contributed by atoms with E-state index in [2.05, 4.69) is 60.7 Å². The topological polar surface area (TPSA) is 54.0 Å². The number of hydrogen-bond acceptors (Lipinski definition) is 4. The summed E-state index contributed by atoms with van der Waals surface area (Å²) in [5.41, 5.74) is 3.11. The van der Waals surface area contributed by atoms with E-state index < -0.39 is 0 Å². The zero-order valence-electron chi connectivity index (χ0n) is 15.2. The van der Waals surface area contributed by atoms with E-state index in [1.807, 2.05) is 29.6 Å². The van der Waals surface area contributed by atoms with Crippen LogP contribution < -0.4 is 10.6 Å². The predicted molar refractivity (Wildman–Crippen MR) is 109 cm³/mol. The zero-order valence-corrected chi connectivity index (χ0v) is 16.1. The maximum absolute atomic E-state index is 12.0. The van der Waals surface area contributed by atoms with Crippen LogP contribution in [0, 0.1) is 0 Å². The molecule has 0 atom stereocenters. The number of amides is 1. The van der Waals surface area contributed by atoms with Crippen LogP contribution in [0.1, 0.15) is 31.2 Å². The van der Waals surface area contributed by atoms with Crippen molar-refractivity contribution in [3.63, 3.8) is 0 Å². The lowest BCUT2D eigenvalue weighted by molar-refractivity contribution is -0.115. The molecule has 2 heterocycles. The first kappa shape index (κ1) is 18.1. The summed E-state index contributed by atoms with van der Waals surface area (Å²) in [6.07, 6.45) is 2.05. The van der Waals surface area contributed by atoms with Crippen LogP contribution in [0.2, 0.25) is 0 Å². The normalized spacial score (nSPS) is 11.2. The summed E-state index contributed by atoms with van der Waals surface area (Å²) in [6.45, 7) is 6.59. The second-order valence-electron chi connectivity index (χ2n) is 7.19. The number of carbonyl (C=O) groups is 1. The molecule has 0 fully saturated rings. The number of thiophene rings is 1. The summed E-state index contributed by atoms with van der Waals surface area (Å²) < 4.78 is 0. The molecule has 2 aromatic heterocycles. The van der Waals surface area contributed by atoms with Gasteiger partial charge in [-0.2, -0.15) is 0 Å². The highest BCUT2D eigenvalue weighted by atomic mass is 32.1. The van der Waals surface area contributed by atoms with E-state index in [4.69, 9.17) is 0 Å². The highest BCUT2D eigenvalue weighted by Gasteiger charge is 2.12. The Morgan fingerprint density at radius 2 is 1.77 bits per heavy atom. The maximum atomic E-state index is 12.0. The fourth-order valence-corrected chi connectivity index (χ4v) is 3.22. The lowest BCUT2D eigenvalue weighted by atomic mass is 9.87. The lowest BCUT2D eigenvalue weighted by Gasteiger charge is -2.19. The molecule has 0 bridgehead atoms. The molecule has 0 spiro atoms. The van der Waals surface area contributed by atoms with Gasteiger partial charge in [-0.3, -0.25) is 4.79 Å². The van der Waals surface area contributed by atoms with Crippen molar-refractivity contribution in [1.29, 1.82) is 0 Å². The average Bonchev–Trinajstić information content (AvgIpc) is 3.09. The first-order valence-corrected chi connectivity index (χ1v) is 9.44. The Labute approximate surface area is 158 Å². The van der Waals surface area contributed by atoms with E-state index in [-0.39, 0.29) is 11.3 Å². The summed E-state index contributed by atoms with van der Waals surface area (Å²) in [7, 11) is 0. The number of aromatic nitrogens is 1. The molecule has 0 aliphatic rings. The van der Waals surface area contributed by atoms with Gasteiger partial charge in [-0.1, -0.05) is 39.0 Å². The predicted octanol–water partition coefficient (Wildman–Crippen LogP) is 5.37. The van der Waals surface area contributed by atoms with Crippen LogP contribution in [0.5, 0.6) is 0 Å². The van der Waals surface area contributed by atoms with Gasteiger partial charge in [0.25, 0.3) is 0 Å². The van der Waals surface area contributed by atoms with Crippen LogP contribution in [0.15, 0.2) is 60.1 Å². The first-order valence-electron chi connectivity index (χ1n) is 8.56. The van der Waals surface area contributed by atoms with E-state index in [1.54, 1.807) is 17.5 Å². The van der Waals surface area contributed by atoms with Gasteiger partial charge in [-0.05, 0) is 46.7 Å². The number of hydrogen-bond donors (Lipinski definition) is 2. The van der Waals surface area contributed by atoms with Crippen LogP contribution in [-0.4, -0.2) is 10.9 Å². The molecule has 134 valence electrons. The van der Waals surface area contributed by atoms with E-state index in [0.717, 1.165) is 16.4 Å². The highest BCUT2D eigenvalue weighted by Crippen LogP contribution is 2.24. The molecule has 3 rings (SSSR count). The summed E-state index contributed by atoms with van der Waals surface area (Å²) >= 11 is 1.58. The molecule has 0 radical (unpaired) electrons. The summed E-state index contributed by atoms with van der Waals surface area (Å²) in [5.74, 6) is 0.706. The summed E-state index contributed by atoms with van der Waals surface area (Å²) in [5, 5.41) is 8.12. The van der Waals surface area contributed by atoms with Gasteiger partial charge in [0.05, 0.1) is 18.3 Å². The number of pyridine rings is 1. The Morgan fingerprint density at radius 3 is 2.35 bits per heavy atom. The Balaban J connectivity index is 1.58. The van der Waals surface area contributed by atoms with Crippen molar-refractivity contribution in [1.82, 2.24) is 4.98 Å². The molecule has 5 heteroatoms. The highest BCUT2D eigenvalue weighted by molar-refractivity contribution is 7.10. The van der Waals surface area contributed by atoms with E-state index >= 15 is 0 Å². The monoisotopic (exact) mass is 365 g/mol. The van der Waals surface area contributed by atoms with Crippen molar-refractivity contribution in [3.8, 4) is 0 Å². The SMILES string of the molecule is CC(C)(C)c1ccc(Nc2ccc(NC(=O)Cc3cccs3)cn2)cc1. The van der Waals surface area contributed by atoms with Crippen molar-refractivity contribution < 1.29 is 4.79 Å². The second kappa shape index (κ2) is 7.70. The summed E-state index contributed by atoms with van der Waals surface area (Å²) in [4.78, 5) is 17.4. The smallest absolute Gasteiger partial charge is 0.229 e. The Morgan fingerprint density at radius 1 is 1.04 bits per heavy atom. The Hall–Kier alpha value is -2.66. The third-order valence-corrected chi connectivity index (χ3v) is 4.86. The molecule has 0 saturated carbocycles. The fraction of sp³-hybridized carbons (Fsp3) is 0.238. The third kappa shape index (κ3) is 4.92. The van der Waals surface area contributed by atoms with E-state index in [9.17, 15) is 4.79 Å². The van der Waals surface area contributed by atoms with Gasteiger partial charge in [0.15, 0.2) is 0 Å². The lowest BCUT2D eigenvalue weighted by Crippen LogP contribution is -2.13. The number of anilines is 3. The Bertz CT molecular complexity index is 848. The number of rotatable bonds is 5. The number of nitrogens with one attached hydrogen (secondary N) is 2. The minimum atomic E-state index is -0.0345. The van der Waals surface area contributed by atoms with Crippen molar-refractivity contribution in [2.75, 3.05) is 10.6 Å². The van der Waals surface area contributed by atoms with Crippen LogP contribution in [-0.2, 0) is 16.6 Å². The largest absolute Gasteiger partial charge is 0.340 e. The van der Waals surface area contributed by atoms with Gasteiger partial charge in [-0.15, -0.1) is 11.3 Å². The number of nitrogens with zero attached hydrogens (tertiary/aromatic N) is 1. The van der Waals surface area contributed by atoms with E-state index in [0.29, 0.717) is 12.1 Å². The molecule has 2 N–H and O–H groups in total. The molecule has 0 unspecified atom stereocenters. The van der Waals surface area contributed by atoms with Gasteiger partial charge in [-0.25, -0.2) is 4.98 Å². The third-order valence-electron chi connectivity index (χ3n) is 3.99. The minimum Gasteiger partial charge on any atom is -0.340 e. The molecule has 0 saturated heterocycles. The number of benzene rings is 1. The van der Waals surface area contributed by atoms with Crippen LogP contribution in [0.4, 0.5) is 17.2 Å². The molecular formula is C21H23N3OS. The number of carbonyl (C=O) groups excluding carboxylic acids is 1. The molecule has 4 nitrogen and oxygen atoms in total. The zero-order chi connectivity index (χ0) is 18.6. The molecule has 0 aliphatic carbocycles. The molecular weight excluding hydrogens is 342 g/mol.